The molecule has 2 heterocycles. The third-order valence-corrected chi connectivity index (χ3v) is 5.71. The van der Waals surface area contributed by atoms with Crippen LogP contribution in [0.4, 0.5) is 5.82 Å². The molecule has 1 saturated heterocycles. The van der Waals surface area contributed by atoms with Gasteiger partial charge in [-0.05, 0) is 37.7 Å². The Kier molecular flexibility index (Phi) is 9.43. The smallest absolute Gasteiger partial charge is 0.267 e. The Morgan fingerprint density at radius 1 is 1.09 bits per heavy atom. The van der Waals surface area contributed by atoms with Crippen molar-refractivity contribution < 1.29 is 19.2 Å². The molecule has 176 valence electrons. The molecule has 1 aliphatic heterocycles. The van der Waals surface area contributed by atoms with Crippen molar-refractivity contribution in [2.24, 2.45) is 5.92 Å². The first kappa shape index (κ1) is 24.1. The van der Waals surface area contributed by atoms with E-state index in [4.69, 9.17) is 9.57 Å². The van der Waals surface area contributed by atoms with Crippen LogP contribution < -0.4 is 16.1 Å². The molecule has 3 N–H and O–H groups in total. The van der Waals surface area contributed by atoms with Crippen molar-refractivity contribution in [1.29, 1.82) is 0 Å². The molecule has 1 saturated carbocycles. The SMILES string of the molecule is CC(C)[C@@H](Nc1cnc(/C=C/C(=O)NOC2CCCCO2)cn1)C(=O)NC1CCCCC1. The molecule has 0 radical (unpaired) electrons. The molecule has 9 nitrogen and oxygen atoms in total. The quantitative estimate of drug-likeness (QED) is 0.395. The number of anilines is 1. The largest absolute Gasteiger partial charge is 0.357 e. The van der Waals surface area contributed by atoms with Crippen LogP contribution >= 0.6 is 0 Å². The van der Waals surface area contributed by atoms with Crippen LogP contribution in [0.2, 0.25) is 0 Å². The Morgan fingerprint density at radius 3 is 2.53 bits per heavy atom. The van der Waals surface area contributed by atoms with E-state index in [0.29, 0.717) is 18.1 Å². The Balaban J connectivity index is 1.47. The average molecular weight is 446 g/mol. The summed E-state index contributed by atoms with van der Waals surface area (Å²) in [6.45, 7) is 4.65. The fraction of sp³-hybridized carbons (Fsp3) is 0.652. The first-order chi connectivity index (χ1) is 15.5. The third kappa shape index (κ3) is 7.87. The van der Waals surface area contributed by atoms with Crippen LogP contribution in [0, 0.1) is 5.92 Å². The van der Waals surface area contributed by atoms with Crippen molar-refractivity contribution in [3.63, 3.8) is 0 Å². The number of carbonyl (C=O) groups excluding carboxylic acids is 2. The van der Waals surface area contributed by atoms with Crippen LogP contribution in [0.1, 0.15) is 70.9 Å². The van der Waals surface area contributed by atoms with Gasteiger partial charge >= 0.3 is 0 Å². The van der Waals surface area contributed by atoms with E-state index in [-0.39, 0.29) is 17.9 Å². The van der Waals surface area contributed by atoms with Crippen LogP contribution in [0.25, 0.3) is 6.08 Å². The lowest BCUT2D eigenvalue weighted by molar-refractivity contribution is -0.198. The van der Waals surface area contributed by atoms with Crippen molar-refractivity contribution in [1.82, 2.24) is 20.8 Å². The molecular weight excluding hydrogens is 410 g/mol. The van der Waals surface area contributed by atoms with Crippen molar-refractivity contribution in [3.8, 4) is 0 Å². The highest BCUT2D eigenvalue weighted by atomic mass is 16.8. The van der Waals surface area contributed by atoms with Gasteiger partial charge in [-0.15, -0.1) is 0 Å². The maximum atomic E-state index is 12.8. The number of hydrogen-bond acceptors (Lipinski definition) is 7. The Morgan fingerprint density at radius 2 is 1.88 bits per heavy atom. The number of amides is 2. The van der Waals surface area contributed by atoms with E-state index in [0.717, 1.165) is 32.1 Å². The third-order valence-electron chi connectivity index (χ3n) is 5.71. The number of aromatic nitrogens is 2. The molecule has 3 rings (SSSR count). The van der Waals surface area contributed by atoms with E-state index in [2.05, 4.69) is 26.1 Å². The predicted molar refractivity (Wildman–Crippen MR) is 121 cm³/mol. The van der Waals surface area contributed by atoms with E-state index in [1.54, 1.807) is 18.5 Å². The second kappa shape index (κ2) is 12.5. The fourth-order valence-corrected chi connectivity index (χ4v) is 3.85. The van der Waals surface area contributed by atoms with Crippen LogP contribution in [-0.4, -0.2) is 46.8 Å². The summed E-state index contributed by atoms with van der Waals surface area (Å²) in [4.78, 5) is 38.6. The number of hydroxylamine groups is 1. The summed E-state index contributed by atoms with van der Waals surface area (Å²) in [5, 5.41) is 6.37. The zero-order valence-corrected chi connectivity index (χ0v) is 19.0. The lowest BCUT2D eigenvalue weighted by atomic mass is 9.94. The number of hydrogen-bond donors (Lipinski definition) is 3. The van der Waals surface area contributed by atoms with Crippen LogP contribution in [0.5, 0.6) is 0 Å². The van der Waals surface area contributed by atoms with Crippen LogP contribution in [0.15, 0.2) is 18.5 Å². The van der Waals surface area contributed by atoms with Crippen molar-refractivity contribution in [3.05, 3.63) is 24.2 Å². The van der Waals surface area contributed by atoms with Crippen molar-refractivity contribution in [2.75, 3.05) is 11.9 Å². The maximum Gasteiger partial charge on any atom is 0.267 e. The second-order valence-electron chi connectivity index (χ2n) is 8.75. The van der Waals surface area contributed by atoms with Gasteiger partial charge in [0.05, 0.1) is 18.1 Å². The number of ether oxygens (including phenoxy) is 1. The number of nitrogens with zero attached hydrogens (tertiary/aromatic N) is 2. The Labute approximate surface area is 189 Å². The monoisotopic (exact) mass is 445 g/mol. The van der Waals surface area contributed by atoms with Crippen LogP contribution in [0.3, 0.4) is 0 Å². The van der Waals surface area contributed by atoms with E-state index < -0.39 is 18.2 Å². The van der Waals surface area contributed by atoms with Gasteiger partial charge in [-0.2, -0.15) is 0 Å². The van der Waals surface area contributed by atoms with Gasteiger partial charge in [-0.1, -0.05) is 33.1 Å². The molecule has 32 heavy (non-hydrogen) atoms. The first-order valence-corrected chi connectivity index (χ1v) is 11.7. The van der Waals surface area contributed by atoms with E-state index in [1.807, 2.05) is 13.8 Å². The number of rotatable bonds is 9. The van der Waals surface area contributed by atoms with Gasteiger partial charge in [0.2, 0.25) is 5.91 Å². The average Bonchev–Trinajstić information content (AvgIpc) is 2.81. The topological polar surface area (TPSA) is 114 Å². The molecule has 0 aromatic carbocycles. The lowest BCUT2D eigenvalue weighted by Crippen LogP contribution is -2.47. The molecule has 2 fully saturated rings. The minimum atomic E-state index is -0.401. The second-order valence-corrected chi connectivity index (χ2v) is 8.75. The van der Waals surface area contributed by atoms with Crippen LogP contribution in [-0.2, 0) is 19.2 Å². The maximum absolute atomic E-state index is 12.8. The highest BCUT2D eigenvalue weighted by Gasteiger charge is 2.25. The molecule has 1 aromatic rings. The molecule has 0 bridgehead atoms. The summed E-state index contributed by atoms with van der Waals surface area (Å²) in [5.41, 5.74) is 2.88. The molecular formula is C23H35N5O4. The molecule has 2 aliphatic rings. The molecule has 1 aliphatic carbocycles. The van der Waals surface area contributed by atoms with Gasteiger partial charge in [-0.3, -0.25) is 14.6 Å². The standard InChI is InChI=1S/C23H35N5O4/c1-16(2)22(23(30)26-17-8-4-3-5-9-17)27-19-15-24-18(14-25-19)11-12-20(29)28-32-21-10-6-7-13-31-21/h11-12,14-17,21-22H,3-10,13H2,1-2H3,(H,25,27)(H,26,30)(H,28,29)/b12-11+/t21?,22-/m1/s1. The molecule has 0 spiro atoms. The normalized spacial score (nSPS) is 20.8. The summed E-state index contributed by atoms with van der Waals surface area (Å²) in [5.74, 6) is 0.206. The minimum absolute atomic E-state index is 0.00344. The minimum Gasteiger partial charge on any atom is -0.357 e. The molecule has 1 aromatic heterocycles. The summed E-state index contributed by atoms with van der Waals surface area (Å²) >= 11 is 0. The predicted octanol–water partition coefficient (Wildman–Crippen LogP) is 2.95. The van der Waals surface area contributed by atoms with Gasteiger partial charge in [0, 0.05) is 25.1 Å². The number of nitrogens with one attached hydrogen (secondary N) is 3. The molecule has 1 unspecified atom stereocenters. The van der Waals surface area contributed by atoms with E-state index >= 15 is 0 Å². The Bertz CT molecular complexity index is 756. The zero-order chi connectivity index (χ0) is 22.8. The highest BCUT2D eigenvalue weighted by molar-refractivity contribution is 5.90. The number of carbonyl (C=O) groups is 2. The van der Waals surface area contributed by atoms with E-state index in [9.17, 15) is 9.59 Å². The van der Waals surface area contributed by atoms with Gasteiger partial charge in [0.15, 0.2) is 6.29 Å². The van der Waals surface area contributed by atoms with Gasteiger partial charge in [-0.25, -0.2) is 15.3 Å². The fourth-order valence-electron chi connectivity index (χ4n) is 3.85. The Hall–Kier alpha value is -2.52. The molecule has 9 heteroatoms. The van der Waals surface area contributed by atoms with E-state index in [1.165, 1.54) is 25.3 Å². The highest BCUT2D eigenvalue weighted by Crippen LogP contribution is 2.18. The summed E-state index contributed by atoms with van der Waals surface area (Å²) < 4.78 is 5.39. The molecule has 2 amide bonds. The molecule has 2 atom stereocenters. The van der Waals surface area contributed by atoms with Crippen molar-refractivity contribution in [2.45, 2.75) is 83.6 Å². The van der Waals surface area contributed by atoms with Crippen molar-refractivity contribution >= 4 is 23.7 Å². The summed E-state index contributed by atoms with van der Waals surface area (Å²) in [6, 6.07) is -0.129. The zero-order valence-electron chi connectivity index (χ0n) is 19.0. The van der Waals surface area contributed by atoms with Gasteiger partial charge in [0.25, 0.3) is 5.91 Å². The van der Waals surface area contributed by atoms with Gasteiger partial charge < -0.3 is 15.4 Å². The summed E-state index contributed by atoms with van der Waals surface area (Å²) in [6.07, 6.45) is 14.1. The first-order valence-electron chi connectivity index (χ1n) is 11.7. The lowest BCUT2D eigenvalue weighted by Gasteiger charge is -2.27. The van der Waals surface area contributed by atoms with Gasteiger partial charge in [0.1, 0.15) is 11.9 Å². The summed E-state index contributed by atoms with van der Waals surface area (Å²) in [7, 11) is 0.